The van der Waals surface area contributed by atoms with E-state index >= 15 is 0 Å². The zero-order valence-corrected chi connectivity index (χ0v) is 14.6. The zero-order valence-electron chi connectivity index (χ0n) is 14.6. The van der Waals surface area contributed by atoms with Crippen LogP contribution < -0.4 is 10.6 Å². The molecule has 2 heterocycles. The van der Waals surface area contributed by atoms with Crippen LogP contribution >= 0.6 is 0 Å². The van der Waals surface area contributed by atoms with Crippen LogP contribution in [0.5, 0.6) is 0 Å². The normalized spacial score (nSPS) is 18.5. The van der Waals surface area contributed by atoms with Crippen LogP contribution in [0, 0.1) is 0 Å². The van der Waals surface area contributed by atoms with Gasteiger partial charge in [0.25, 0.3) is 0 Å². The van der Waals surface area contributed by atoms with Crippen LogP contribution in [0.4, 0.5) is 0 Å². The summed E-state index contributed by atoms with van der Waals surface area (Å²) in [5, 5.41) is 5.69. The van der Waals surface area contributed by atoms with Crippen molar-refractivity contribution in [3.05, 3.63) is 30.2 Å². The first-order valence-corrected chi connectivity index (χ1v) is 8.69. The van der Waals surface area contributed by atoms with Gasteiger partial charge in [0.15, 0.2) is 11.5 Å². The number of amides is 2. The fourth-order valence-corrected chi connectivity index (χ4v) is 3.14. The molecule has 2 N–H and O–H groups in total. The SMILES string of the molecule is CC(C)N1CCNC(=O)[C@H]1CC(=O)NCCc1nc2ccccc2o1. The number of para-hydroxylation sites is 2. The summed E-state index contributed by atoms with van der Waals surface area (Å²) in [7, 11) is 0. The van der Waals surface area contributed by atoms with Crippen molar-refractivity contribution in [3.8, 4) is 0 Å². The molecule has 7 heteroatoms. The molecular weight excluding hydrogens is 320 g/mol. The summed E-state index contributed by atoms with van der Waals surface area (Å²) in [6, 6.07) is 7.39. The Morgan fingerprint density at radius 3 is 3.00 bits per heavy atom. The molecule has 134 valence electrons. The molecule has 1 aromatic carbocycles. The highest BCUT2D eigenvalue weighted by atomic mass is 16.3. The predicted octanol–water partition coefficient (Wildman–Crippen LogP) is 1.09. The van der Waals surface area contributed by atoms with Crippen molar-refractivity contribution in [1.29, 1.82) is 0 Å². The van der Waals surface area contributed by atoms with Gasteiger partial charge < -0.3 is 15.1 Å². The highest BCUT2D eigenvalue weighted by Crippen LogP contribution is 2.15. The summed E-state index contributed by atoms with van der Waals surface area (Å²) in [5.41, 5.74) is 1.56. The number of fused-ring (bicyclic) bond motifs is 1. The Kier molecular flexibility index (Phi) is 5.33. The maximum absolute atomic E-state index is 12.2. The summed E-state index contributed by atoms with van der Waals surface area (Å²) >= 11 is 0. The Hall–Kier alpha value is -2.41. The molecular formula is C18H24N4O3. The molecule has 0 radical (unpaired) electrons. The largest absolute Gasteiger partial charge is 0.441 e. The molecule has 2 aromatic rings. The first-order chi connectivity index (χ1) is 12.0. The van der Waals surface area contributed by atoms with Crippen LogP contribution in [0.15, 0.2) is 28.7 Å². The third-order valence-corrected chi connectivity index (χ3v) is 4.41. The van der Waals surface area contributed by atoms with Crippen molar-refractivity contribution >= 4 is 22.9 Å². The average molecular weight is 344 g/mol. The Labute approximate surface area is 146 Å². The van der Waals surface area contributed by atoms with Crippen molar-refractivity contribution < 1.29 is 14.0 Å². The monoisotopic (exact) mass is 344 g/mol. The molecule has 1 fully saturated rings. The Bertz CT molecular complexity index is 723. The number of rotatable bonds is 6. The quantitative estimate of drug-likeness (QED) is 0.819. The third kappa shape index (κ3) is 4.17. The number of benzene rings is 1. The zero-order chi connectivity index (χ0) is 17.8. The Morgan fingerprint density at radius 2 is 2.24 bits per heavy atom. The number of hydrogen-bond donors (Lipinski definition) is 2. The maximum atomic E-state index is 12.2. The average Bonchev–Trinajstić information content (AvgIpc) is 2.99. The first-order valence-electron chi connectivity index (χ1n) is 8.69. The van der Waals surface area contributed by atoms with E-state index in [9.17, 15) is 9.59 Å². The van der Waals surface area contributed by atoms with Crippen LogP contribution in [-0.4, -0.2) is 53.4 Å². The van der Waals surface area contributed by atoms with Gasteiger partial charge in [0.1, 0.15) is 5.52 Å². The molecule has 0 aliphatic carbocycles. The van der Waals surface area contributed by atoms with E-state index in [4.69, 9.17) is 4.42 Å². The molecule has 1 aromatic heterocycles. The van der Waals surface area contributed by atoms with E-state index < -0.39 is 6.04 Å². The van der Waals surface area contributed by atoms with Crippen LogP contribution in [-0.2, 0) is 16.0 Å². The molecule has 25 heavy (non-hydrogen) atoms. The van der Waals surface area contributed by atoms with Gasteiger partial charge in [0.2, 0.25) is 11.8 Å². The highest BCUT2D eigenvalue weighted by Gasteiger charge is 2.32. The number of hydrogen-bond acceptors (Lipinski definition) is 5. The Balaban J connectivity index is 1.51. The Morgan fingerprint density at radius 1 is 1.44 bits per heavy atom. The van der Waals surface area contributed by atoms with E-state index in [-0.39, 0.29) is 24.3 Å². The van der Waals surface area contributed by atoms with Gasteiger partial charge in [0, 0.05) is 32.1 Å². The molecule has 0 spiro atoms. The number of carbonyl (C=O) groups is 2. The van der Waals surface area contributed by atoms with E-state index in [0.717, 1.165) is 17.6 Å². The number of piperazine rings is 1. The van der Waals surface area contributed by atoms with Gasteiger partial charge in [-0.05, 0) is 26.0 Å². The second kappa shape index (κ2) is 7.65. The molecule has 0 saturated carbocycles. The van der Waals surface area contributed by atoms with E-state index in [2.05, 4.69) is 20.5 Å². The summed E-state index contributed by atoms with van der Waals surface area (Å²) < 4.78 is 5.63. The molecule has 3 rings (SSSR count). The van der Waals surface area contributed by atoms with Gasteiger partial charge in [-0.15, -0.1) is 0 Å². The van der Waals surface area contributed by atoms with Crippen LogP contribution in [0.1, 0.15) is 26.2 Å². The van der Waals surface area contributed by atoms with Crippen LogP contribution in [0.3, 0.4) is 0 Å². The summed E-state index contributed by atoms with van der Waals surface area (Å²) in [4.78, 5) is 30.8. The van der Waals surface area contributed by atoms with Crippen LogP contribution in [0.25, 0.3) is 11.1 Å². The first kappa shape index (κ1) is 17.4. The number of nitrogens with one attached hydrogen (secondary N) is 2. The van der Waals surface area contributed by atoms with Crippen molar-refractivity contribution in [3.63, 3.8) is 0 Å². The van der Waals surface area contributed by atoms with Gasteiger partial charge in [-0.1, -0.05) is 12.1 Å². The topological polar surface area (TPSA) is 87.5 Å². The van der Waals surface area contributed by atoms with Gasteiger partial charge in [-0.25, -0.2) is 4.98 Å². The number of nitrogens with zero attached hydrogens (tertiary/aromatic N) is 2. The molecule has 1 atom stereocenters. The predicted molar refractivity (Wildman–Crippen MR) is 94.0 cm³/mol. The molecule has 1 aliphatic rings. The molecule has 2 amide bonds. The van der Waals surface area contributed by atoms with Crippen molar-refractivity contribution in [2.45, 2.75) is 38.8 Å². The van der Waals surface area contributed by atoms with Crippen molar-refractivity contribution in [2.75, 3.05) is 19.6 Å². The molecule has 0 unspecified atom stereocenters. The molecule has 1 saturated heterocycles. The lowest BCUT2D eigenvalue weighted by molar-refractivity contribution is -0.134. The fourth-order valence-electron chi connectivity index (χ4n) is 3.14. The second-order valence-corrected chi connectivity index (χ2v) is 6.52. The minimum absolute atomic E-state index is 0.0750. The minimum atomic E-state index is -0.405. The lowest BCUT2D eigenvalue weighted by Gasteiger charge is -2.37. The van der Waals surface area contributed by atoms with Gasteiger partial charge in [-0.2, -0.15) is 0 Å². The summed E-state index contributed by atoms with van der Waals surface area (Å²) in [6.07, 6.45) is 0.683. The third-order valence-electron chi connectivity index (χ3n) is 4.41. The molecule has 1 aliphatic heterocycles. The van der Waals surface area contributed by atoms with Crippen molar-refractivity contribution in [1.82, 2.24) is 20.5 Å². The second-order valence-electron chi connectivity index (χ2n) is 6.52. The molecule has 7 nitrogen and oxygen atoms in total. The van der Waals surface area contributed by atoms with E-state index in [1.807, 2.05) is 38.1 Å². The minimum Gasteiger partial charge on any atom is -0.441 e. The van der Waals surface area contributed by atoms with E-state index in [0.29, 0.717) is 25.4 Å². The fraction of sp³-hybridized carbons (Fsp3) is 0.500. The lowest BCUT2D eigenvalue weighted by atomic mass is 10.1. The van der Waals surface area contributed by atoms with E-state index in [1.54, 1.807) is 0 Å². The number of oxazole rings is 1. The van der Waals surface area contributed by atoms with Crippen molar-refractivity contribution in [2.24, 2.45) is 0 Å². The summed E-state index contributed by atoms with van der Waals surface area (Å²) in [6.45, 7) is 5.91. The van der Waals surface area contributed by atoms with Gasteiger partial charge in [-0.3, -0.25) is 14.5 Å². The van der Waals surface area contributed by atoms with Gasteiger partial charge in [0.05, 0.1) is 12.5 Å². The van der Waals surface area contributed by atoms with Crippen LogP contribution in [0.2, 0.25) is 0 Å². The maximum Gasteiger partial charge on any atom is 0.237 e. The smallest absolute Gasteiger partial charge is 0.237 e. The van der Waals surface area contributed by atoms with Gasteiger partial charge >= 0.3 is 0 Å². The highest BCUT2D eigenvalue weighted by molar-refractivity contribution is 5.88. The standard InChI is InChI=1S/C18H24N4O3/c1-12(2)22-10-9-20-18(24)14(22)11-16(23)19-8-7-17-21-13-5-3-4-6-15(13)25-17/h3-6,12,14H,7-11H2,1-2H3,(H,19,23)(H,20,24)/t14-/m1/s1. The van der Waals surface area contributed by atoms with E-state index in [1.165, 1.54) is 0 Å². The lowest BCUT2D eigenvalue weighted by Crippen LogP contribution is -2.58. The summed E-state index contributed by atoms with van der Waals surface area (Å²) in [5.74, 6) is 0.388. The molecule has 0 bridgehead atoms. The number of carbonyl (C=O) groups excluding carboxylic acids is 2. The number of aromatic nitrogens is 1.